The first-order valence-corrected chi connectivity index (χ1v) is 6.90. The van der Waals surface area contributed by atoms with Crippen molar-refractivity contribution in [2.24, 2.45) is 0 Å². The summed E-state index contributed by atoms with van der Waals surface area (Å²) in [6.45, 7) is 2.95. The van der Waals surface area contributed by atoms with Crippen molar-refractivity contribution in [3.63, 3.8) is 0 Å². The number of nitrogens with one attached hydrogen (secondary N) is 1. The standard InChI is InChI=1S/C13H16BrFN2O2/c1-19-13(18)12(17-6-4-16-5-7-17)10-3-2-9(14)8-11(10)15/h2-3,8,12,16H,4-7H2,1H3. The Morgan fingerprint density at radius 3 is 2.74 bits per heavy atom. The van der Waals surface area contributed by atoms with Gasteiger partial charge < -0.3 is 10.1 Å². The van der Waals surface area contributed by atoms with Crippen LogP contribution in [0.5, 0.6) is 0 Å². The van der Waals surface area contributed by atoms with E-state index in [1.165, 1.54) is 13.2 Å². The number of hydrogen-bond acceptors (Lipinski definition) is 4. The van der Waals surface area contributed by atoms with Gasteiger partial charge in [0.2, 0.25) is 0 Å². The summed E-state index contributed by atoms with van der Waals surface area (Å²) in [7, 11) is 1.33. The molecule has 1 aromatic rings. The number of piperazine rings is 1. The number of esters is 1. The van der Waals surface area contributed by atoms with Crippen LogP contribution in [0.15, 0.2) is 22.7 Å². The van der Waals surface area contributed by atoms with Crippen molar-refractivity contribution >= 4 is 21.9 Å². The first-order chi connectivity index (χ1) is 9.13. The van der Waals surface area contributed by atoms with Gasteiger partial charge in [0.25, 0.3) is 0 Å². The molecule has 1 aliphatic heterocycles. The molecular formula is C13H16BrFN2O2. The van der Waals surface area contributed by atoms with Gasteiger partial charge in [0, 0.05) is 36.2 Å². The van der Waals surface area contributed by atoms with Gasteiger partial charge in [-0.05, 0) is 12.1 Å². The Hall–Kier alpha value is -0.980. The maximum Gasteiger partial charge on any atom is 0.327 e. The SMILES string of the molecule is COC(=O)C(c1ccc(Br)cc1F)N1CCNCC1. The Morgan fingerprint density at radius 1 is 1.47 bits per heavy atom. The van der Waals surface area contributed by atoms with Crippen LogP contribution in [-0.2, 0) is 9.53 Å². The predicted molar refractivity (Wildman–Crippen MR) is 73.3 cm³/mol. The number of ether oxygens (including phenoxy) is 1. The van der Waals surface area contributed by atoms with E-state index in [2.05, 4.69) is 21.2 Å². The Labute approximate surface area is 120 Å². The minimum absolute atomic E-state index is 0.358. The maximum atomic E-state index is 14.1. The van der Waals surface area contributed by atoms with Crippen molar-refractivity contribution in [2.45, 2.75) is 6.04 Å². The molecule has 0 amide bonds. The van der Waals surface area contributed by atoms with E-state index in [-0.39, 0.29) is 0 Å². The third-order valence-electron chi connectivity index (χ3n) is 3.20. The summed E-state index contributed by atoms with van der Waals surface area (Å²) in [5, 5.41) is 3.21. The van der Waals surface area contributed by atoms with E-state index in [1.807, 2.05) is 4.90 Å². The van der Waals surface area contributed by atoms with Crippen LogP contribution in [0, 0.1) is 5.82 Å². The molecule has 2 rings (SSSR count). The van der Waals surface area contributed by atoms with E-state index in [4.69, 9.17) is 4.74 Å². The molecule has 0 spiro atoms. The summed E-state index contributed by atoms with van der Waals surface area (Å²) in [4.78, 5) is 13.9. The highest BCUT2D eigenvalue weighted by atomic mass is 79.9. The molecule has 6 heteroatoms. The topological polar surface area (TPSA) is 41.6 Å². The van der Waals surface area contributed by atoms with Crippen LogP contribution >= 0.6 is 15.9 Å². The monoisotopic (exact) mass is 330 g/mol. The normalized spacial score (nSPS) is 18.1. The average molecular weight is 331 g/mol. The van der Waals surface area contributed by atoms with Gasteiger partial charge in [0.1, 0.15) is 11.9 Å². The summed E-state index contributed by atoms with van der Waals surface area (Å²) in [5.41, 5.74) is 0.358. The molecule has 4 nitrogen and oxygen atoms in total. The number of methoxy groups -OCH3 is 1. The number of rotatable bonds is 3. The number of nitrogens with zero attached hydrogens (tertiary/aromatic N) is 1. The molecule has 1 atom stereocenters. The molecule has 0 saturated carbocycles. The Morgan fingerprint density at radius 2 is 2.16 bits per heavy atom. The first kappa shape index (κ1) is 14.4. The molecule has 1 unspecified atom stereocenters. The third kappa shape index (κ3) is 3.32. The summed E-state index contributed by atoms with van der Waals surface area (Å²) in [5.74, 6) is -0.827. The maximum absolute atomic E-state index is 14.1. The van der Waals surface area contributed by atoms with E-state index < -0.39 is 17.8 Å². The zero-order valence-electron chi connectivity index (χ0n) is 10.7. The van der Waals surface area contributed by atoms with E-state index in [0.717, 1.165) is 13.1 Å². The highest BCUT2D eigenvalue weighted by Crippen LogP contribution is 2.27. The fraction of sp³-hybridized carbons (Fsp3) is 0.462. The van der Waals surface area contributed by atoms with Crippen molar-refractivity contribution in [3.05, 3.63) is 34.1 Å². The second-order valence-electron chi connectivity index (χ2n) is 4.38. The molecule has 1 N–H and O–H groups in total. The third-order valence-corrected chi connectivity index (χ3v) is 3.69. The molecular weight excluding hydrogens is 315 g/mol. The number of carbonyl (C=O) groups is 1. The lowest BCUT2D eigenvalue weighted by Crippen LogP contribution is -2.47. The lowest BCUT2D eigenvalue weighted by Gasteiger charge is -2.33. The highest BCUT2D eigenvalue weighted by Gasteiger charge is 2.31. The number of halogens is 2. The highest BCUT2D eigenvalue weighted by molar-refractivity contribution is 9.10. The van der Waals surface area contributed by atoms with Crippen molar-refractivity contribution < 1.29 is 13.9 Å². The zero-order valence-corrected chi connectivity index (χ0v) is 12.2. The lowest BCUT2D eigenvalue weighted by atomic mass is 10.0. The van der Waals surface area contributed by atoms with Crippen molar-refractivity contribution in [1.29, 1.82) is 0 Å². The van der Waals surface area contributed by atoms with Crippen molar-refractivity contribution in [3.8, 4) is 0 Å². The van der Waals surface area contributed by atoms with Crippen LogP contribution in [0.25, 0.3) is 0 Å². The van der Waals surface area contributed by atoms with Crippen molar-refractivity contribution in [2.75, 3.05) is 33.3 Å². The summed E-state index contributed by atoms with van der Waals surface area (Å²) >= 11 is 3.22. The second-order valence-corrected chi connectivity index (χ2v) is 5.29. The van der Waals surface area contributed by atoms with Gasteiger partial charge in [0.05, 0.1) is 7.11 Å². The van der Waals surface area contributed by atoms with E-state index in [1.54, 1.807) is 12.1 Å². The van der Waals surface area contributed by atoms with Gasteiger partial charge in [-0.3, -0.25) is 4.90 Å². The Kier molecular flexibility index (Phi) is 4.90. The molecule has 1 fully saturated rings. The van der Waals surface area contributed by atoms with E-state index in [9.17, 15) is 9.18 Å². The van der Waals surface area contributed by atoms with Crippen LogP contribution in [0.4, 0.5) is 4.39 Å². The van der Waals surface area contributed by atoms with E-state index >= 15 is 0 Å². The minimum atomic E-state index is -0.680. The molecule has 0 aromatic heterocycles. The van der Waals surface area contributed by atoms with E-state index in [0.29, 0.717) is 23.1 Å². The van der Waals surface area contributed by atoms with Gasteiger partial charge in [0.15, 0.2) is 0 Å². The molecule has 0 radical (unpaired) electrons. The molecule has 1 heterocycles. The fourth-order valence-corrected chi connectivity index (χ4v) is 2.58. The van der Waals surface area contributed by atoms with Crippen LogP contribution in [0.2, 0.25) is 0 Å². The van der Waals surface area contributed by atoms with Gasteiger partial charge in [-0.2, -0.15) is 0 Å². The smallest absolute Gasteiger partial charge is 0.327 e. The number of carbonyl (C=O) groups excluding carboxylic acids is 1. The fourth-order valence-electron chi connectivity index (χ4n) is 2.25. The van der Waals surface area contributed by atoms with Gasteiger partial charge in [-0.25, -0.2) is 9.18 Å². The van der Waals surface area contributed by atoms with Gasteiger partial charge in [-0.15, -0.1) is 0 Å². The van der Waals surface area contributed by atoms with Crippen LogP contribution in [0.1, 0.15) is 11.6 Å². The summed E-state index contributed by atoms with van der Waals surface area (Å²) in [6, 6.07) is 4.05. The Balaban J connectivity index is 2.33. The summed E-state index contributed by atoms with van der Waals surface area (Å²) < 4.78 is 19.5. The van der Waals surface area contributed by atoms with Gasteiger partial charge >= 0.3 is 5.97 Å². The zero-order chi connectivity index (χ0) is 13.8. The molecule has 0 bridgehead atoms. The predicted octanol–water partition coefficient (Wildman–Crippen LogP) is 1.71. The first-order valence-electron chi connectivity index (χ1n) is 6.11. The summed E-state index contributed by atoms with van der Waals surface area (Å²) in [6.07, 6.45) is 0. The second kappa shape index (κ2) is 6.45. The number of hydrogen-bond donors (Lipinski definition) is 1. The van der Waals surface area contributed by atoms with Crippen LogP contribution in [-0.4, -0.2) is 44.2 Å². The molecule has 1 aromatic carbocycles. The quantitative estimate of drug-likeness (QED) is 0.857. The molecule has 19 heavy (non-hydrogen) atoms. The average Bonchev–Trinajstić information content (AvgIpc) is 2.42. The van der Waals surface area contributed by atoms with Crippen molar-refractivity contribution in [1.82, 2.24) is 10.2 Å². The van der Waals surface area contributed by atoms with Crippen LogP contribution < -0.4 is 5.32 Å². The van der Waals surface area contributed by atoms with Crippen LogP contribution in [0.3, 0.4) is 0 Å². The molecule has 1 saturated heterocycles. The molecule has 0 aliphatic carbocycles. The molecule has 104 valence electrons. The number of benzene rings is 1. The lowest BCUT2D eigenvalue weighted by molar-refractivity contribution is -0.147. The van der Waals surface area contributed by atoms with Gasteiger partial charge in [-0.1, -0.05) is 22.0 Å². The minimum Gasteiger partial charge on any atom is -0.468 e. The Bertz CT molecular complexity index is 464. The largest absolute Gasteiger partial charge is 0.468 e. The molecule has 1 aliphatic rings.